The number of aryl methyl sites for hydroxylation is 1. The Labute approximate surface area is 125 Å². The highest BCUT2D eigenvalue weighted by atomic mass is 16.7. The van der Waals surface area contributed by atoms with Crippen LogP contribution in [0.3, 0.4) is 0 Å². The van der Waals surface area contributed by atoms with Gasteiger partial charge in [0.25, 0.3) is 0 Å². The van der Waals surface area contributed by atoms with Crippen LogP contribution in [-0.2, 0) is 15.9 Å². The van der Waals surface area contributed by atoms with Gasteiger partial charge in [0.2, 0.25) is 0 Å². The van der Waals surface area contributed by atoms with Gasteiger partial charge in [-0.1, -0.05) is 18.2 Å². The van der Waals surface area contributed by atoms with Gasteiger partial charge in [-0.2, -0.15) is 0 Å². The average molecular weight is 291 g/mol. The molecule has 1 heterocycles. The van der Waals surface area contributed by atoms with Crippen LogP contribution in [-0.4, -0.2) is 29.5 Å². The van der Waals surface area contributed by atoms with Gasteiger partial charge in [-0.05, 0) is 51.2 Å². The summed E-state index contributed by atoms with van der Waals surface area (Å²) in [4.78, 5) is 10.6. The second-order valence-corrected chi connectivity index (χ2v) is 6.43. The van der Waals surface area contributed by atoms with Gasteiger partial charge >= 0.3 is 13.2 Å². The van der Waals surface area contributed by atoms with Gasteiger partial charge in [-0.25, -0.2) is 4.79 Å². The second-order valence-electron chi connectivity index (χ2n) is 6.43. The van der Waals surface area contributed by atoms with E-state index in [-0.39, 0.29) is 11.2 Å². The first-order valence-corrected chi connectivity index (χ1v) is 7.04. The van der Waals surface area contributed by atoms with Crippen molar-refractivity contribution in [1.82, 2.24) is 5.32 Å². The molecule has 2 N–H and O–H groups in total. The zero-order chi connectivity index (χ0) is 15.8. The predicted octanol–water partition coefficient (Wildman–Crippen LogP) is 2.06. The van der Waals surface area contributed by atoms with Crippen LogP contribution in [0, 0.1) is 6.92 Å². The number of hydrogen-bond acceptors (Lipinski definition) is 3. The lowest BCUT2D eigenvalue weighted by molar-refractivity contribution is 0.00578. The first-order chi connectivity index (χ1) is 9.62. The van der Waals surface area contributed by atoms with E-state index < -0.39 is 13.2 Å². The van der Waals surface area contributed by atoms with Crippen molar-refractivity contribution < 1.29 is 19.2 Å². The van der Waals surface area contributed by atoms with Crippen LogP contribution >= 0.6 is 0 Å². The lowest BCUT2D eigenvalue weighted by atomic mass is 9.78. The Balaban J connectivity index is 2.16. The maximum Gasteiger partial charge on any atom is 0.494 e. The molecule has 0 radical (unpaired) electrons. The summed E-state index contributed by atoms with van der Waals surface area (Å²) in [6.45, 7) is 10.3. The van der Waals surface area contributed by atoms with Crippen molar-refractivity contribution in [2.24, 2.45) is 0 Å². The zero-order valence-corrected chi connectivity index (χ0v) is 13.2. The molecule has 1 saturated heterocycles. The van der Waals surface area contributed by atoms with Crippen molar-refractivity contribution in [2.45, 2.75) is 52.4 Å². The molecule has 1 amide bonds. The fourth-order valence-electron chi connectivity index (χ4n) is 2.21. The Morgan fingerprint density at radius 3 is 2.29 bits per heavy atom. The topological polar surface area (TPSA) is 67.8 Å². The SMILES string of the molecule is Cc1cc(B2OC(C)(C)C(C)(C)O2)ccc1CNC(=O)O. The third kappa shape index (κ3) is 3.22. The Kier molecular flexibility index (Phi) is 4.04. The molecular weight excluding hydrogens is 269 g/mol. The molecule has 5 nitrogen and oxygen atoms in total. The maximum atomic E-state index is 10.6. The van der Waals surface area contributed by atoms with Crippen molar-refractivity contribution in [3.05, 3.63) is 29.3 Å². The van der Waals surface area contributed by atoms with E-state index in [2.05, 4.69) is 5.32 Å². The van der Waals surface area contributed by atoms with Crippen molar-refractivity contribution in [1.29, 1.82) is 0 Å². The predicted molar refractivity (Wildman–Crippen MR) is 81.8 cm³/mol. The normalized spacial score (nSPS) is 19.6. The summed E-state index contributed by atoms with van der Waals surface area (Å²) in [5, 5.41) is 11.0. The largest absolute Gasteiger partial charge is 0.494 e. The number of carbonyl (C=O) groups is 1. The molecule has 0 bridgehead atoms. The van der Waals surface area contributed by atoms with Crippen LogP contribution in [0.1, 0.15) is 38.8 Å². The zero-order valence-electron chi connectivity index (χ0n) is 13.2. The molecule has 21 heavy (non-hydrogen) atoms. The minimum atomic E-state index is -1.02. The summed E-state index contributed by atoms with van der Waals surface area (Å²) in [6.07, 6.45) is -1.02. The van der Waals surface area contributed by atoms with Crippen LogP contribution in [0.2, 0.25) is 0 Å². The van der Waals surface area contributed by atoms with Gasteiger partial charge in [0, 0.05) is 6.54 Å². The summed E-state index contributed by atoms with van der Waals surface area (Å²) in [5.74, 6) is 0. The molecule has 114 valence electrons. The Hall–Kier alpha value is -1.53. The van der Waals surface area contributed by atoms with Gasteiger partial charge in [0.05, 0.1) is 11.2 Å². The highest BCUT2D eigenvalue weighted by molar-refractivity contribution is 6.62. The molecule has 1 aromatic rings. The molecule has 0 aromatic heterocycles. The second kappa shape index (κ2) is 5.35. The summed E-state index contributed by atoms with van der Waals surface area (Å²) in [5.41, 5.74) is 2.17. The number of nitrogens with one attached hydrogen (secondary N) is 1. The number of benzene rings is 1. The van der Waals surface area contributed by atoms with Crippen molar-refractivity contribution in [3.63, 3.8) is 0 Å². The molecule has 0 aliphatic carbocycles. The number of amides is 1. The molecule has 0 atom stereocenters. The Bertz CT molecular complexity index is 541. The quantitative estimate of drug-likeness (QED) is 0.836. The summed E-state index contributed by atoms with van der Waals surface area (Å²) >= 11 is 0. The first-order valence-electron chi connectivity index (χ1n) is 7.04. The standard InChI is InChI=1S/C15H22BNO4/c1-10-8-12(7-6-11(10)9-17-13(18)19)16-20-14(2,3)15(4,5)21-16/h6-8,17H,9H2,1-5H3,(H,18,19). The van der Waals surface area contributed by atoms with E-state index in [0.29, 0.717) is 6.54 Å². The van der Waals surface area contributed by atoms with E-state index in [1.165, 1.54) is 0 Å². The molecule has 1 aromatic carbocycles. The van der Waals surface area contributed by atoms with Crippen LogP contribution < -0.4 is 10.8 Å². The molecule has 6 heteroatoms. The number of rotatable bonds is 3. The summed E-state index contributed by atoms with van der Waals surface area (Å²) in [7, 11) is -0.393. The average Bonchev–Trinajstić information content (AvgIpc) is 2.56. The fourth-order valence-corrected chi connectivity index (χ4v) is 2.21. The molecule has 0 unspecified atom stereocenters. The smallest absolute Gasteiger partial charge is 0.465 e. The molecule has 2 rings (SSSR count). The van der Waals surface area contributed by atoms with Crippen molar-refractivity contribution in [3.8, 4) is 0 Å². The van der Waals surface area contributed by atoms with E-state index in [1.807, 2.05) is 52.8 Å². The molecule has 1 fully saturated rings. The summed E-state index contributed by atoms with van der Waals surface area (Å²) in [6, 6.07) is 5.82. The third-order valence-electron chi connectivity index (χ3n) is 4.32. The highest BCUT2D eigenvalue weighted by Crippen LogP contribution is 2.36. The van der Waals surface area contributed by atoms with E-state index in [4.69, 9.17) is 14.4 Å². The van der Waals surface area contributed by atoms with Gasteiger partial charge in [-0.3, -0.25) is 0 Å². The van der Waals surface area contributed by atoms with Gasteiger partial charge in [0.15, 0.2) is 0 Å². The maximum absolute atomic E-state index is 10.6. The molecule has 0 saturated carbocycles. The Morgan fingerprint density at radius 1 is 1.24 bits per heavy atom. The van der Waals surface area contributed by atoms with E-state index >= 15 is 0 Å². The Morgan fingerprint density at radius 2 is 1.81 bits per heavy atom. The van der Waals surface area contributed by atoms with E-state index in [9.17, 15) is 4.79 Å². The van der Waals surface area contributed by atoms with E-state index in [1.54, 1.807) is 0 Å². The molecule has 1 aliphatic heterocycles. The fraction of sp³-hybridized carbons (Fsp3) is 0.533. The van der Waals surface area contributed by atoms with Crippen LogP contribution in [0.5, 0.6) is 0 Å². The van der Waals surface area contributed by atoms with E-state index in [0.717, 1.165) is 16.6 Å². The lowest BCUT2D eigenvalue weighted by Gasteiger charge is -2.32. The minimum Gasteiger partial charge on any atom is -0.465 e. The first kappa shape index (κ1) is 15.9. The molecule has 1 aliphatic rings. The highest BCUT2D eigenvalue weighted by Gasteiger charge is 2.51. The van der Waals surface area contributed by atoms with Crippen molar-refractivity contribution in [2.75, 3.05) is 0 Å². The van der Waals surface area contributed by atoms with Crippen molar-refractivity contribution >= 4 is 18.7 Å². The van der Waals surface area contributed by atoms with Crippen LogP contribution in [0.15, 0.2) is 18.2 Å². The van der Waals surface area contributed by atoms with Gasteiger partial charge in [-0.15, -0.1) is 0 Å². The number of carboxylic acid groups (broad SMARTS) is 1. The third-order valence-corrected chi connectivity index (χ3v) is 4.32. The van der Waals surface area contributed by atoms with Gasteiger partial charge < -0.3 is 19.7 Å². The van der Waals surface area contributed by atoms with Gasteiger partial charge in [0.1, 0.15) is 0 Å². The lowest BCUT2D eigenvalue weighted by Crippen LogP contribution is -2.41. The molecular formula is C15H22BNO4. The monoisotopic (exact) mass is 291 g/mol. The van der Waals surface area contributed by atoms with Crippen LogP contribution in [0.4, 0.5) is 4.79 Å². The summed E-state index contributed by atoms with van der Waals surface area (Å²) < 4.78 is 12.0. The minimum absolute atomic E-state index is 0.296. The molecule has 0 spiro atoms. The number of hydrogen-bond donors (Lipinski definition) is 2. The van der Waals surface area contributed by atoms with Crippen LogP contribution in [0.25, 0.3) is 0 Å².